The molecule has 0 aliphatic carbocycles. The second-order valence-electron chi connectivity index (χ2n) is 7.35. The first-order valence-electron chi connectivity index (χ1n) is 9.99. The van der Waals surface area contributed by atoms with E-state index in [0.29, 0.717) is 0 Å². The number of carbonyl (C=O) groups excluding carboxylic acids is 3. The summed E-state index contributed by atoms with van der Waals surface area (Å²) < 4.78 is 18.2. The number of hydrogen-bond acceptors (Lipinski definition) is 4. The standard InChI is InChI=1S/C23H25FN2O4/c1-3-16-6-10-20(11-7-16)26-14-18(12-21(26)27)23(29)30-15(2)22(28)25-13-17-4-8-19(24)9-5-17/h4-11,15,18H,3,12-14H2,1-2H3,(H,25,28)/t15-,18+/m1/s1. The van der Waals surface area contributed by atoms with Gasteiger partial charge in [0.2, 0.25) is 5.91 Å². The van der Waals surface area contributed by atoms with Gasteiger partial charge in [-0.25, -0.2) is 4.39 Å². The molecule has 1 N–H and O–H groups in total. The van der Waals surface area contributed by atoms with Gasteiger partial charge in [0.25, 0.3) is 5.91 Å². The maximum atomic E-state index is 12.9. The van der Waals surface area contributed by atoms with Crippen LogP contribution in [-0.2, 0) is 32.1 Å². The Labute approximate surface area is 175 Å². The van der Waals surface area contributed by atoms with E-state index < -0.39 is 23.9 Å². The highest BCUT2D eigenvalue weighted by Crippen LogP contribution is 2.26. The second kappa shape index (κ2) is 9.52. The van der Waals surface area contributed by atoms with Crippen molar-refractivity contribution in [1.82, 2.24) is 5.32 Å². The highest BCUT2D eigenvalue weighted by Gasteiger charge is 2.37. The summed E-state index contributed by atoms with van der Waals surface area (Å²) in [5, 5.41) is 2.65. The van der Waals surface area contributed by atoms with Crippen LogP contribution in [0.5, 0.6) is 0 Å². The van der Waals surface area contributed by atoms with E-state index in [9.17, 15) is 18.8 Å². The lowest BCUT2D eigenvalue weighted by Crippen LogP contribution is -2.37. The largest absolute Gasteiger partial charge is 0.452 e. The van der Waals surface area contributed by atoms with Crippen molar-refractivity contribution in [2.45, 2.75) is 39.3 Å². The molecule has 2 aromatic rings. The lowest BCUT2D eigenvalue weighted by Gasteiger charge is -2.18. The van der Waals surface area contributed by atoms with Gasteiger partial charge < -0.3 is 15.0 Å². The molecule has 0 spiro atoms. The zero-order chi connectivity index (χ0) is 21.7. The van der Waals surface area contributed by atoms with Gasteiger partial charge in [-0.2, -0.15) is 0 Å². The van der Waals surface area contributed by atoms with E-state index in [0.717, 1.165) is 17.7 Å². The Bertz CT molecular complexity index is 912. The number of nitrogens with one attached hydrogen (secondary N) is 1. The number of ether oxygens (including phenoxy) is 1. The fourth-order valence-corrected chi connectivity index (χ4v) is 3.29. The lowest BCUT2D eigenvalue weighted by molar-refractivity contribution is -0.158. The molecule has 30 heavy (non-hydrogen) atoms. The van der Waals surface area contributed by atoms with E-state index in [4.69, 9.17) is 4.74 Å². The predicted octanol–water partition coefficient (Wildman–Crippen LogP) is 2.99. The monoisotopic (exact) mass is 412 g/mol. The van der Waals surface area contributed by atoms with E-state index in [-0.39, 0.29) is 31.2 Å². The van der Waals surface area contributed by atoms with Crippen LogP contribution in [0.3, 0.4) is 0 Å². The van der Waals surface area contributed by atoms with Crippen molar-refractivity contribution in [2.75, 3.05) is 11.4 Å². The molecule has 158 valence electrons. The van der Waals surface area contributed by atoms with Crippen molar-refractivity contribution < 1.29 is 23.5 Å². The van der Waals surface area contributed by atoms with E-state index in [1.165, 1.54) is 24.6 Å². The minimum atomic E-state index is -0.995. The molecule has 7 heteroatoms. The molecule has 0 unspecified atom stereocenters. The summed E-state index contributed by atoms with van der Waals surface area (Å²) in [5.41, 5.74) is 2.65. The number of halogens is 1. The van der Waals surface area contributed by atoms with Crippen LogP contribution in [-0.4, -0.2) is 30.4 Å². The minimum absolute atomic E-state index is 0.0539. The molecule has 0 aromatic heterocycles. The number of esters is 1. The van der Waals surface area contributed by atoms with Gasteiger partial charge in [-0.05, 0) is 48.7 Å². The summed E-state index contributed by atoms with van der Waals surface area (Å²) >= 11 is 0. The normalized spacial score (nSPS) is 17.0. The number of aryl methyl sites for hydroxylation is 1. The molecule has 1 heterocycles. The van der Waals surface area contributed by atoms with Crippen LogP contribution in [0.2, 0.25) is 0 Å². The van der Waals surface area contributed by atoms with E-state index >= 15 is 0 Å². The SMILES string of the molecule is CCc1ccc(N2C[C@@H](C(=O)O[C@H](C)C(=O)NCc3ccc(F)cc3)CC2=O)cc1. The van der Waals surface area contributed by atoms with Gasteiger partial charge in [0.1, 0.15) is 5.82 Å². The molecule has 1 fully saturated rings. The third kappa shape index (κ3) is 5.23. The lowest BCUT2D eigenvalue weighted by atomic mass is 10.1. The van der Waals surface area contributed by atoms with Crippen LogP contribution < -0.4 is 10.2 Å². The van der Waals surface area contributed by atoms with Gasteiger partial charge in [0.15, 0.2) is 6.10 Å². The Balaban J connectivity index is 1.51. The van der Waals surface area contributed by atoms with Crippen LogP contribution in [0.4, 0.5) is 10.1 Å². The highest BCUT2D eigenvalue weighted by molar-refractivity contribution is 5.99. The zero-order valence-corrected chi connectivity index (χ0v) is 17.1. The summed E-state index contributed by atoms with van der Waals surface area (Å²) in [4.78, 5) is 38.6. The highest BCUT2D eigenvalue weighted by atomic mass is 19.1. The van der Waals surface area contributed by atoms with Gasteiger partial charge in [-0.1, -0.05) is 31.2 Å². The summed E-state index contributed by atoms with van der Waals surface area (Å²) in [5.74, 6) is -2.14. The molecule has 0 radical (unpaired) electrons. The Kier molecular flexibility index (Phi) is 6.82. The van der Waals surface area contributed by atoms with Gasteiger partial charge >= 0.3 is 5.97 Å². The van der Waals surface area contributed by atoms with E-state index in [1.807, 2.05) is 24.3 Å². The molecule has 1 aliphatic heterocycles. The fraction of sp³-hybridized carbons (Fsp3) is 0.348. The molecular weight excluding hydrogens is 387 g/mol. The van der Waals surface area contributed by atoms with Crippen molar-refractivity contribution in [1.29, 1.82) is 0 Å². The smallest absolute Gasteiger partial charge is 0.312 e. The molecular formula is C23H25FN2O4. The van der Waals surface area contributed by atoms with E-state index in [1.54, 1.807) is 17.0 Å². The second-order valence-corrected chi connectivity index (χ2v) is 7.35. The number of nitrogens with zero attached hydrogens (tertiary/aromatic N) is 1. The summed E-state index contributed by atoms with van der Waals surface area (Å²) in [6.07, 6.45) is -0.0336. The van der Waals surface area contributed by atoms with Gasteiger partial charge in [-0.15, -0.1) is 0 Å². The maximum absolute atomic E-state index is 12.9. The number of anilines is 1. The van der Waals surface area contributed by atoms with Crippen molar-refractivity contribution in [3.05, 3.63) is 65.5 Å². The van der Waals surface area contributed by atoms with Crippen LogP contribution in [0.15, 0.2) is 48.5 Å². The van der Waals surface area contributed by atoms with Crippen LogP contribution in [0, 0.1) is 11.7 Å². The molecule has 2 aromatic carbocycles. The first-order valence-corrected chi connectivity index (χ1v) is 9.99. The Morgan fingerprint density at radius 1 is 1.13 bits per heavy atom. The number of amides is 2. The molecule has 2 atom stereocenters. The molecule has 0 saturated carbocycles. The summed E-state index contributed by atoms with van der Waals surface area (Å²) in [6.45, 7) is 3.96. The van der Waals surface area contributed by atoms with Crippen LogP contribution >= 0.6 is 0 Å². The van der Waals surface area contributed by atoms with Gasteiger partial charge in [-0.3, -0.25) is 14.4 Å². The Morgan fingerprint density at radius 3 is 2.40 bits per heavy atom. The maximum Gasteiger partial charge on any atom is 0.312 e. The topological polar surface area (TPSA) is 75.7 Å². The quantitative estimate of drug-likeness (QED) is 0.710. The number of hydrogen-bond donors (Lipinski definition) is 1. The first-order chi connectivity index (χ1) is 14.4. The zero-order valence-electron chi connectivity index (χ0n) is 17.1. The number of rotatable bonds is 7. The molecule has 1 saturated heterocycles. The molecule has 3 rings (SSSR count). The number of benzene rings is 2. The third-order valence-electron chi connectivity index (χ3n) is 5.16. The van der Waals surface area contributed by atoms with Crippen molar-refractivity contribution in [3.63, 3.8) is 0 Å². The van der Waals surface area contributed by atoms with Crippen LogP contribution in [0.1, 0.15) is 31.4 Å². The van der Waals surface area contributed by atoms with Crippen LogP contribution in [0.25, 0.3) is 0 Å². The predicted molar refractivity (Wildman–Crippen MR) is 110 cm³/mol. The minimum Gasteiger partial charge on any atom is -0.452 e. The summed E-state index contributed by atoms with van der Waals surface area (Å²) in [7, 11) is 0. The molecule has 0 bridgehead atoms. The Morgan fingerprint density at radius 2 is 1.77 bits per heavy atom. The average Bonchev–Trinajstić information content (AvgIpc) is 3.15. The van der Waals surface area contributed by atoms with Gasteiger partial charge in [0.05, 0.1) is 5.92 Å². The van der Waals surface area contributed by atoms with Crippen molar-refractivity contribution in [3.8, 4) is 0 Å². The Hall–Kier alpha value is -3.22. The van der Waals surface area contributed by atoms with Gasteiger partial charge in [0, 0.05) is 25.2 Å². The fourth-order valence-electron chi connectivity index (χ4n) is 3.29. The van der Waals surface area contributed by atoms with Crippen molar-refractivity contribution in [2.24, 2.45) is 5.92 Å². The molecule has 6 nitrogen and oxygen atoms in total. The summed E-state index contributed by atoms with van der Waals surface area (Å²) in [6, 6.07) is 13.4. The molecule has 2 amide bonds. The molecule has 1 aliphatic rings. The average molecular weight is 412 g/mol. The third-order valence-corrected chi connectivity index (χ3v) is 5.16. The number of carbonyl (C=O) groups is 3. The first kappa shape index (κ1) is 21.5. The van der Waals surface area contributed by atoms with E-state index in [2.05, 4.69) is 12.2 Å². The van der Waals surface area contributed by atoms with Crippen molar-refractivity contribution >= 4 is 23.5 Å².